The Morgan fingerprint density at radius 1 is 1.12 bits per heavy atom. The zero-order valence-corrected chi connectivity index (χ0v) is 18.6. The zero-order valence-electron chi connectivity index (χ0n) is 17.8. The minimum atomic E-state index is -4.52. The Labute approximate surface area is 185 Å². The molecule has 10 heteroatoms. The molecule has 2 aromatic rings. The van der Waals surface area contributed by atoms with Gasteiger partial charge in [0.05, 0.1) is 22.4 Å². The predicted octanol–water partition coefficient (Wildman–Crippen LogP) is 4.46. The van der Waals surface area contributed by atoms with E-state index < -0.39 is 33.1 Å². The number of alkyl halides is 3. The highest BCUT2D eigenvalue weighted by Crippen LogP contribution is 2.39. The number of carbonyl (C=O) groups is 1. The number of amides is 1. The van der Waals surface area contributed by atoms with Crippen molar-refractivity contribution in [2.45, 2.75) is 38.3 Å². The summed E-state index contributed by atoms with van der Waals surface area (Å²) in [5, 5.41) is 2.80. The third-order valence-electron chi connectivity index (χ3n) is 5.65. The first-order valence-corrected chi connectivity index (χ1v) is 11.8. The van der Waals surface area contributed by atoms with E-state index in [9.17, 15) is 26.4 Å². The Balaban J connectivity index is 1.90. The first-order valence-electron chi connectivity index (χ1n) is 10.1. The van der Waals surface area contributed by atoms with Crippen LogP contribution in [0.5, 0.6) is 0 Å². The number of nitrogens with one attached hydrogen (secondary N) is 2. The average Bonchev–Trinajstić information content (AvgIpc) is 2.75. The number of ether oxygens (including phenoxy) is 1. The topological polar surface area (TPSA) is 84.5 Å². The molecule has 0 aliphatic carbocycles. The highest BCUT2D eigenvalue weighted by molar-refractivity contribution is 7.92. The van der Waals surface area contributed by atoms with Crippen LogP contribution in [0.4, 0.5) is 24.5 Å². The van der Waals surface area contributed by atoms with Crippen LogP contribution in [0.2, 0.25) is 0 Å². The lowest BCUT2D eigenvalue weighted by atomic mass is 9.73. The standard InChI is InChI=1S/C22H25F3N2O4S/c1-3-32(29,30)27-19-8-7-18(13-15(19)2)26-20(28)21(9-11-31-12-10-21)16-5-4-6-17(14-16)22(23,24)25/h4-8,13-14,27H,3,9-12H2,1-2H3,(H,26,28). The van der Waals surface area contributed by atoms with Gasteiger partial charge in [-0.15, -0.1) is 0 Å². The largest absolute Gasteiger partial charge is 0.416 e. The van der Waals surface area contributed by atoms with Crippen LogP contribution in [-0.4, -0.2) is 33.3 Å². The van der Waals surface area contributed by atoms with E-state index in [0.29, 0.717) is 16.9 Å². The summed E-state index contributed by atoms with van der Waals surface area (Å²) in [7, 11) is -3.45. The second-order valence-electron chi connectivity index (χ2n) is 7.76. The summed E-state index contributed by atoms with van der Waals surface area (Å²) in [5.41, 5.74) is -0.280. The fourth-order valence-electron chi connectivity index (χ4n) is 3.71. The number of benzene rings is 2. The second kappa shape index (κ2) is 9.11. The van der Waals surface area contributed by atoms with Crippen molar-refractivity contribution in [2.24, 2.45) is 0 Å². The van der Waals surface area contributed by atoms with E-state index in [2.05, 4.69) is 10.0 Å². The number of hydrogen-bond donors (Lipinski definition) is 2. The highest BCUT2D eigenvalue weighted by Gasteiger charge is 2.43. The van der Waals surface area contributed by atoms with Crippen LogP contribution in [0.15, 0.2) is 42.5 Å². The molecule has 1 aliphatic heterocycles. The Morgan fingerprint density at radius 2 is 1.81 bits per heavy atom. The maximum Gasteiger partial charge on any atom is 0.416 e. The van der Waals surface area contributed by atoms with Gasteiger partial charge in [-0.3, -0.25) is 9.52 Å². The van der Waals surface area contributed by atoms with Gasteiger partial charge in [0, 0.05) is 18.9 Å². The van der Waals surface area contributed by atoms with Crippen molar-refractivity contribution < 1.29 is 31.1 Å². The summed E-state index contributed by atoms with van der Waals surface area (Å²) in [4.78, 5) is 13.4. The van der Waals surface area contributed by atoms with Gasteiger partial charge in [0.25, 0.3) is 0 Å². The number of rotatable bonds is 6. The van der Waals surface area contributed by atoms with E-state index in [-0.39, 0.29) is 37.4 Å². The van der Waals surface area contributed by atoms with E-state index in [4.69, 9.17) is 4.74 Å². The molecule has 1 aliphatic rings. The van der Waals surface area contributed by atoms with Crippen molar-refractivity contribution in [2.75, 3.05) is 29.0 Å². The Kier molecular flexibility index (Phi) is 6.85. The van der Waals surface area contributed by atoms with Gasteiger partial charge in [-0.1, -0.05) is 18.2 Å². The molecule has 0 saturated carbocycles. The van der Waals surface area contributed by atoms with E-state index >= 15 is 0 Å². The molecule has 6 nitrogen and oxygen atoms in total. The van der Waals surface area contributed by atoms with Crippen LogP contribution < -0.4 is 10.0 Å². The number of carbonyl (C=O) groups excluding carboxylic acids is 1. The highest BCUT2D eigenvalue weighted by atomic mass is 32.2. The van der Waals surface area contributed by atoms with E-state index in [0.717, 1.165) is 12.1 Å². The lowest BCUT2D eigenvalue weighted by Gasteiger charge is -2.36. The van der Waals surface area contributed by atoms with Crippen LogP contribution in [0.25, 0.3) is 0 Å². The molecule has 1 fully saturated rings. The summed E-state index contributed by atoms with van der Waals surface area (Å²) < 4.78 is 71.2. The van der Waals surface area contributed by atoms with Crippen LogP contribution >= 0.6 is 0 Å². The van der Waals surface area contributed by atoms with Gasteiger partial charge in [-0.2, -0.15) is 13.2 Å². The van der Waals surface area contributed by atoms with Gasteiger partial charge in [0.1, 0.15) is 0 Å². The lowest BCUT2D eigenvalue weighted by molar-refractivity contribution is -0.138. The molecular formula is C22H25F3N2O4S. The minimum Gasteiger partial charge on any atom is -0.381 e. The molecule has 1 saturated heterocycles. The molecule has 174 valence electrons. The zero-order chi connectivity index (χ0) is 23.6. The lowest BCUT2D eigenvalue weighted by Crippen LogP contribution is -2.45. The molecule has 0 bridgehead atoms. The summed E-state index contributed by atoms with van der Waals surface area (Å²) in [6.07, 6.45) is -4.03. The summed E-state index contributed by atoms with van der Waals surface area (Å²) >= 11 is 0. The van der Waals surface area contributed by atoms with Gasteiger partial charge in [0.15, 0.2) is 0 Å². The van der Waals surface area contributed by atoms with Gasteiger partial charge in [-0.25, -0.2) is 8.42 Å². The van der Waals surface area contributed by atoms with Crippen molar-refractivity contribution in [1.82, 2.24) is 0 Å². The smallest absolute Gasteiger partial charge is 0.381 e. The van der Waals surface area contributed by atoms with Gasteiger partial charge in [-0.05, 0) is 62.1 Å². The van der Waals surface area contributed by atoms with Gasteiger partial charge >= 0.3 is 6.18 Å². The molecule has 1 amide bonds. The Bertz CT molecular complexity index is 1090. The number of halogens is 3. The third kappa shape index (κ3) is 5.24. The molecule has 0 radical (unpaired) electrons. The van der Waals surface area contributed by atoms with Gasteiger partial charge < -0.3 is 10.1 Å². The fraction of sp³-hybridized carbons (Fsp3) is 0.409. The number of anilines is 2. The molecule has 0 atom stereocenters. The van der Waals surface area contributed by atoms with Crippen LogP contribution in [0.1, 0.15) is 36.5 Å². The van der Waals surface area contributed by atoms with Crippen molar-refractivity contribution in [1.29, 1.82) is 0 Å². The quantitative estimate of drug-likeness (QED) is 0.653. The molecular weight excluding hydrogens is 445 g/mol. The van der Waals surface area contributed by atoms with E-state index in [1.54, 1.807) is 25.1 Å². The van der Waals surface area contributed by atoms with Crippen molar-refractivity contribution in [3.63, 3.8) is 0 Å². The number of aryl methyl sites for hydroxylation is 1. The van der Waals surface area contributed by atoms with Crippen LogP contribution in [0, 0.1) is 6.92 Å². The van der Waals surface area contributed by atoms with Crippen molar-refractivity contribution in [3.05, 3.63) is 59.2 Å². The molecule has 0 unspecified atom stereocenters. The fourth-order valence-corrected chi connectivity index (χ4v) is 4.41. The first kappa shape index (κ1) is 24.1. The van der Waals surface area contributed by atoms with E-state index in [1.807, 2.05) is 0 Å². The molecule has 0 aromatic heterocycles. The molecule has 3 rings (SSSR count). The predicted molar refractivity (Wildman–Crippen MR) is 116 cm³/mol. The Hall–Kier alpha value is -2.59. The maximum absolute atomic E-state index is 13.4. The SMILES string of the molecule is CCS(=O)(=O)Nc1ccc(NC(=O)C2(c3cccc(C(F)(F)F)c3)CCOCC2)cc1C. The normalized spacial score (nSPS) is 16.4. The average molecular weight is 471 g/mol. The molecule has 0 spiro atoms. The van der Waals surface area contributed by atoms with Gasteiger partial charge in [0.2, 0.25) is 15.9 Å². The molecule has 32 heavy (non-hydrogen) atoms. The van der Waals surface area contributed by atoms with Crippen molar-refractivity contribution >= 4 is 27.3 Å². The third-order valence-corrected chi connectivity index (χ3v) is 6.94. The Morgan fingerprint density at radius 3 is 2.41 bits per heavy atom. The first-order chi connectivity index (χ1) is 15.0. The molecule has 2 N–H and O–H groups in total. The minimum absolute atomic E-state index is 0.0769. The van der Waals surface area contributed by atoms with Crippen LogP contribution in [-0.2, 0) is 31.1 Å². The van der Waals surface area contributed by atoms with E-state index in [1.165, 1.54) is 19.1 Å². The maximum atomic E-state index is 13.4. The summed E-state index contributed by atoms with van der Waals surface area (Å²) in [5.74, 6) is -0.506. The van der Waals surface area contributed by atoms with Crippen LogP contribution in [0.3, 0.4) is 0 Å². The second-order valence-corrected chi connectivity index (χ2v) is 9.77. The summed E-state index contributed by atoms with van der Waals surface area (Å²) in [6.45, 7) is 3.72. The monoisotopic (exact) mass is 470 g/mol. The molecule has 2 aromatic carbocycles. The van der Waals surface area contributed by atoms with Crippen molar-refractivity contribution in [3.8, 4) is 0 Å². The molecule has 1 heterocycles. The number of sulfonamides is 1. The number of hydrogen-bond acceptors (Lipinski definition) is 4. The summed E-state index contributed by atoms with van der Waals surface area (Å²) in [6, 6.07) is 9.56.